The van der Waals surface area contributed by atoms with Crippen LogP contribution < -0.4 is 0 Å². The van der Waals surface area contributed by atoms with Gasteiger partial charge in [0.1, 0.15) is 10.8 Å². The van der Waals surface area contributed by atoms with Crippen molar-refractivity contribution in [3.05, 3.63) is 16.1 Å². The molecule has 14 heavy (non-hydrogen) atoms. The molecular weight excluding hydrogens is 222 g/mol. The molecule has 1 rings (SSSR count). The number of thiazole rings is 1. The number of aliphatic hydroxyl groups is 1. The van der Waals surface area contributed by atoms with Crippen LogP contribution in [0.15, 0.2) is 6.20 Å². The zero-order chi connectivity index (χ0) is 10.8. The van der Waals surface area contributed by atoms with E-state index in [9.17, 15) is 8.42 Å². The summed E-state index contributed by atoms with van der Waals surface area (Å²) in [6.07, 6.45) is 1.51. The Hall–Kier alpha value is -0.460. The van der Waals surface area contributed by atoms with Gasteiger partial charge in [-0.25, -0.2) is 13.4 Å². The van der Waals surface area contributed by atoms with Gasteiger partial charge in [-0.1, -0.05) is 0 Å². The molecule has 0 bridgehead atoms. The second-order valence-electron chi connectivity index (χ2n) is 3.23. The number of nitrogens with zero attached hydrogens (tertiary/aromatic N) is 1. The Morgan fingerprint density at radius 3 is 2.64 bits per heavy atom. The summed E-state index contributed by atoms with van der Waals surface area (Å²) in [5.41, 5.74) is 0. The fourth-order valence-electron chi connectivity index (χ4n) is 0.827. The number of sulfone groups is 1. The quantitative estimate of drug-likeness (QED) is 0.844. The van der Waals surface area contributed by atoms with Crippen molar-refractivity contribution in [2.75, 3.05) is 0 Å². The highest BCUT2D eigenvalue weighted by Crippen LogP contribution is 2.17. The van der Waals surface area contributed by atoms with Crippen LogP contribution in [-0.2, 0) is 22.2 Å². The minimum atomic E-state index is -3.08. The number of hydrogen-bond donors (Lipinski definition) is 1. The highest BCUT2D eigenvalue weighted by atomic mass is 32.2. The fraction of sp³-hybridized carbons (Fsp3) is 0.625. The van der Waals surface area contributed by atoms with Gasteiger partial charge in [0.15, 0.2) is 9.84 Å². The second-order valence-corrected chi connectivity index (χ2v) is 6.99. The lowest BCUT2D eigenvalue weighted by molar-refractivity contribution is 0.285. The summed E-state index contributed by atoms with van der Waals surface area (Å²) in [4.78, 5) is 4.63. The third-order valence-corrected chi connectivity index (χ3v) is 5.08. The van der Waals surface area contributed by atoms with E-state index < -0.39 is 9.84 Å². The van der Waals surface area contributed by atoms with Crippen molar-refractivity contribution in [1.82, 2.24) is 4.98 Å². The molecule has 0 aliphatic carbocycles. The van der Waals surface area contributed by atoms with Crippen LogP contribution in [0.4, 0.5) is 0 Å². The van der Waals surface area contributed by atoms with Crippen molar-refractivity contribution in [2.24, 2.45) is 0 Å². The third-order valence-electron chi connectivity index (χ3n) is 1.80. The molecular formula is C8H13NO3S2. The molecule has 0 spiro atoms. The molecule has 0 aromatic carbocycles. The van der Waals surface area contributed by atoms with E-state index in [-0.39, 0.29) is 17.6 Å². The largest absolute Gasteiger partial charge is 0.391 e. The lowest BCUT2D eigenvalue weighted by Gasteiger charge is -2.04. The van der Waals surface area contributed by atoms with E-state index in [1.165, 1.54) is 17.5 Å². The molecule has 0 radical (unpaired) electrons. The van der Waals surface area contributed by atoms with Crippen LogP contribution in [0.2, 0.25) is 0 Å². The number of aromatic nitrogens is 1. The Balaban J connectivity index is 2.79. The first-order valence-corrected chi connectivity index (χ1v) is 6.75. The molecule has 0 amide bonds. The van der Waals surface area contributed by atoms with Gasteiger partial charge in [0.2, 0.25) is 0 Å². The monoisotopic (exact) mass is 235 g/mol. The molecule has 0 atom stereocenters. The minimum absolute atomic E-state index is 0.0324. The van der Waals surface area contributed by atoms with Crippen LogP contribution in [0.1, 0.15) is 23.7 Å². The van der Waals surface area contributed by atoms with Gasteiger partial charge in [-0.05, 0) is 13.8 Å². The Morgan fingerprint density at radius 2 is 2.21 bits per heavy atom. The number of aliphatic hydroxyl groups excluding tert-OH is 1. The van der Waals surface area contributed by atoms with Gasteiger partial charge in [-0.2, -0.15) is 0 Å². The van der Waals surface area contributed by atoms with E-state index in [1.54, 1.807) is 13.8 Å². The van der Waals surface area contributed by atoms with Crippen LogP contribution in [0.3, 0.4) is 0 Å². The predicted molar refractivity (Wildman–Crippen MR) is 55.8 cm³/mol. The van der Waals surface area contributed by atoms with E-state index >= 15 is 0 Å². The molecule has 1 aromatic rings. The lowest BCUT2D eigenvalue weighted by Crippen LogP contribution is -2.15. The van der Waals surface area contributed by atoms with Crippen molar-refractivity contribution in [3.63, 3.8) is 0 Å². The van der Waals surface area contributed by atoms with Crippen LogP contribution >= 0.6 is 11.3 Å². The predicted octanol–water partition coefficient (Wildman–Crippen LogP) is 0.959. The standard InChI is InChI=1S/C8H13NO3S2/c1-6(2)14(11,12)5-8-9-3-7(4-10)13-8/h3,6,10H,4-5H2,1-2H3. The van der Waals surface area contributed by atoms with Crippen molar-refractivity contribution in [2.45, 2.75) is 31.5 Å². The van der Waals surface area contributed by atoms with E-state index in [2.05, 4.69) is 4.98 Å². The zero-order valence-electron chi connectivity index (χ0n) is 8.10. The normalized spacial score (nSPS) is 12.3. The van der Waals surface area contributed by atoms with Crippen molar-refractivity contribution >= 4 is 21.2 Å². The molecule has 0 saturated heterocycles. The molecule has 0 fully saturated rings. The Morgan fingerprint density at radius 1 is 1.57 bits per heavy atom. The SMILES string of the molecule is CC(C)S(=O)(=O)Cc1ncc(CO)s1. The third kappa shape index (κ3) is 2.76. The Kier molecular flexibility index (Phi) is 3.63. The highest BCUT2D eigenvalue weighted by Gasteiger charge is 2.18. The van der Waals surface area contributed by atoms with Crippen LogP contribution in [0, 0.1) is 0 Å². The molecule has 1 aromatic heterocycles. The van der Waals surface area contributed by atoms with Crippen molar-refractivity contribution < 1.29 is 13.5 Å². The zero-order valence-corrected chi connectivity index (χ0v) is 9.73. The van der Waals surface area contributed by atoms with Gasteiger partial charge >= 0.3 is 0 Å². The van der Waals surface area contributed by atoms with E-state index in [0.717, 1.165) is 0 Å². The molecule has 80 valence electrons. The molecule has 0 saturated carbocycles. The summed E-state index contributed by atoms with van der Waals surface area (Å²) in [5.74, 6) is -0.0324. The van der Waals surface area contributed by atoms with Crippen molar-refractivity contribution in [1.29, 1.82) is 0 Å². The summed E-state index contributed by atoms with van der Waals surface area (Å²) in [5, 5.41) is 8.94. The van der Waals surface area contributed by atoms with Gasteiger partial charge in [0.25, 0.3) is 0 Å². The molecule has 6 heteroatoms. The maximum atomic E-state index is 11.5. The van der Waals surface area contributed by atoms with Gasteiger partial charge in [-0.3, -0.25) is 0 Å². The van der Waals surface area contributed by atoms with Crippen LogP contribution in [0.25, 0.3) is 0 Å². The van der Waals surface area contributed by atoms with Gasteiger partial charge in [0, 0.05) is 6.20 Å². The van der Waals surface area contributed by atoms with Crippen LogP contribution in [0.5, 0.6) is 0 Å². The first-order valence-electron chi connectivity index (χ1n) is 4.21. The molecule has 0 aliphatic rings. The molecule has 4 nitrogen and oxygen atoms in total. The highest BCUT2D eigenvalue weighted by molar-refractivity contribution is 7.91. The summed E-state index contributed by atoms with van der Waals surface area (Å²) >= 11 is 1.24. The second kappa shape index (κ2) is 4.37. The van der Waals surface area contributed by atoms with Crippen LogP contribution in [-0.4, -0.2) is 23.8 Å². The molecule has 1 N–H and O–H groups in total. The van der Waals surface area contributed by atoms with E-state index in [4.69, 9.17) is 5.11 Å². The first-order chi connectivity index (χ1) is 6.45. The summed E-state index contributed by atoms with van der Waals surface area (Å²) in [6.45, 7) is 3.21. The van der Waals surface area contributed by atoms with Gasteiger partial charge < -0.3 is 5.11 Å². The van der Waals surface area contributed by atoms with E-state index in [0.29, 0.717) is 9.88 Å². The Bertz CT molecular complexity index is 394. The van der Waals surface area contributed by atoms with Crippen molar-refractivity contribution in [3.8, 4) is 0 Å². The minimum Gasteiger partial charge on any atom is -0.391 e. The topological polar surface area (TPSA) is 67.3 Å². The first kappa shape index (κ1) is 11.6. The van der Waals surface area contributed by atoms with E-state index in [1.807, 2.05) is 0 Å². The molecule has 1 heterocycles. The number of hydrogen-bond acceptors (Lipinski definition) is 5. The number of rotatable bonds is 4. The summed E-state index contributed by atoms with van der Waals surface area (Å²) in [6, 6.07) is 0. The summed E-state index contributed by atoms with van der Waals surface area (Å²) in [7, 11) is -3.08. The van der Waals surface area contributed by atoms with Gasteiger partial charge in [-0.15, -0.1) is 11.3 Å². The lowest BCUT2D eigenvalue weighted by atomic mass is 10.6. The smallest absolute Gasteiger partial charge is 0.159 e. The average molecular weight is 235 g/mol. The van der Waals surface area contributed by atoms with Gasteiger partial charge in [0.05, 0.1) is 16.7 Å². The average Bonchev–Trinajstić information content (AvgIpc) is 2.51. The fourth-order valence-corrected chi connectivity index (χ4v) is 2.89. The Labute approximate surface area is 87.5 Å². The molecule has 0 unspecified atom stereocenters. The maximum Gasteiger partial charge on any atom is 0.159 e. The summed E-state index contributed by atoms with van der Waals surface area (Å²) < 4.78 is 23.0. The maximum absolute atomic E-state index is 11.5. The molecule has 0 aliphatic heterocycles.